The number of nitrogens with one attached hydrogen (secondary N) is 2. The van der Waals surface area contributed by atoms with Crippen LogP contribution in [0.1, 0.15) is 38.7 Å². The molecule has 0 unspecified atom stereocenters. The average molecular weight is 374 g/mol. The summed E-state index contributed by atoms with van der Waals surface area (Å²) in [6, 6.07) is 9.16. The SMILES string of the molecule is CCNC(=O)NC(=O)[C@H](C)N1CCN(C(=O)C[C@@H](C)c2ccccc2)CC1. The molecule has 1 saturated heterocycles. The molecule has 1 aromatic rings. The summed E-state index contributed by atoms with van der Waals surface area (Å²) in [6.45, 7) is 8.54. The van der Waals surface area contributed by atoms with E-state index in [1.54, 1.807) is 13.8 Å². The van der Waals surface area contributed by atoms with Crippen LogP contribution in [-0.2, 0) is 9.59 Å². The van der Waals surface area contributed by atoms with E-state index >= 15 is 0 Å². The predicted molar refractivity (Wildman–Crippen MR) is 104 cm³/mol. The third-order valence-corrected chi connectivity index (χ3v) is 5.02. The molecule has 4 amide bonds. The van der Waals surface area contributed by atoms with Crippen molar-refractivity contribution >= 4 is 17.8 Å². The van der Waals surface area contributed by atoms with Crippen LogP contribution in [0.4, 0.5) is 4.79 Å². The normalized spacial score (nSPS) is 17.1. The summed E-state index contributed by atoms with van der Waals surface area (Å²) in [4.78, 5) is 40.1. The van der Waals surface area contributed by atoms with Crippen LogP contribution in [0.25, 0.3) is 0 Å². The van der Waals surface area contributed by atoms with Crippen molar-refractivity contribution in [2.75, 3.05) is 32.7 Å². The Kier molecular flexibility index (Phi) is 7.79. The molecule has 1 heterocycles. The maximum absolute atomic E-state index is 12.6. The first-order valence-electron chi connectivity index (χ1n) is 9.57. The number of imide groups is 1. The van der Waals surface area contributed by atoms with Gasteiger partial charge in [-0.2, -0.15) is 0 Å². The second kappa shape index (κ2) is 10.1. The standard InChI is InChI=1S/C20H30N4O3/c1-4-21-20(27)22-19(26)16(3)23-10-12-24(13-11-23)18(25)14-15(2)17-8-6-5-7-9-17/h5-9,15-16H,4,10-14H2,1-3H3,(H2,21,22,26,27)/t15-,16+/m1/s1. The number of rotatable bonds is 6. The van der Waals surface area contributed by atoms with Gasteiger partial charge in [-0.25, -0.2) is 4.79 Å². The number of urea groups is 1. The maximum atomic E-state index is 12.6. The molecule has 2 N–H and O–H groups in total. The number of carbonyl (C=O) groups is 3. The fourth-order valence-electron chi connectivity index (χ4n) is 3.24. The molecule has 27 heavy (non-hydrogen) atoms. The van der Waals surface area contributed by atoms with E-state index in [9.17, 15) is 14.4 Å². The highest BCUT2D eigenvalue weighted by Gasteiger charge is 2.28. The van der Waals surface area contributed by atoms with E-state index in [1.807, 2.05) is 40.1 Å². The first kappa shape index (κ1) is 20.9. The lowest BCUT2D eigenvalue weighted by Gasteiger charge is -2.37. The van der Waals surface area contributed by atoms with E-state index < -0.39 is 12.1 Å². The van der Waals surface area contributed by atoms with Crippen molar-refractivity contribution in [2.45, 2.75) is 39.2 Å². The first-order chi connectivity index (χ1) is 12.9. The van der Waals surface area contributed by atoms with Gasteiger partial charge in [-0.15, -0.1) is 0 Å². The Morgan fingerprint density at radius 3 is 2.26 bits per heavy atom. The number of benzene rings is 1. The number of hydrogen-bond donors (Lipinski definition) is 2. The lowest BCUT2D eigenvalue weighted by Crippen LogP contribution is -2.56. The van der Waals surface area contributed by atoms with Gasteiger partial charge in [0.1, 0.15) is 0 Å². The van der Waals surface area contributed by atoms with Crippen molar-refractivity contribution in [1.29, 1.82) is 0 Å². The van der Waals surface area contributed by atoms with Gasteiger partial charge in [0.25, 0.3) is 0 Å². The second-order valence-corrected chi connectivity index (χ2v) is 6.96. The van der Waals surface area contributed by atoms with Gasteiger partial charge in [0.15, 0.2) is 0 Å². The minimum absolute atomic E-state index is 0.144. The number of carbonyl (C=O) groups excluding carboxylic acids is 3. The van der Waals surface area contributed by atoms with E-state index in [2.05, 4.69) is 17.6 Å². The molecule has 7 heteroatoms. The van der Waals surface area contributed by atoms with E-state index in [0.29, 0.717) is 39.1 Å². The van der Waals surface area contributed by atoms with Gasteiger partial charge in [0, 0.05) is 39.1 Å². The molecule has 0 aromatic heterocycles. The van der Waals surface area contributed by atoms with Crippen molar-refractivity contribution in [3.63, 3.8) is 0 Å². The quantitative estimate of drug-likeness (QED) is 0.792. The van der Waals surface area contributed by atoms with E-state index in [-0.39, 0.29) is 17.7 Å². The molecule has 0 saturated carbocycles. The minimum Gasteiger partial charge on any atom is -0.340 e. The molecule has 148 valence electrons. The van der Waals surface area contributed by atoms with Crippen molar-refractivity contribution < 1.29 is 14.4 Å². The monoisotopic (exact) mass is 374 g/mol. The van der Waals surface area contributed by atoms with E-state index in [0.717, 1.165) is 0 Å². The Labute approximate surface area is 161 Å². The van der Waals surface area contributed by atoms with Crippen LogP contribution in [0.3, 0.4) is 0 Å². The van der Waals surface area contributed by atoms with Crippen molar-refractivity contribution in [3.8, 4) is 0 Å². The summed E-state index contributed by atoms with van der Waals surface area (Å²) in [6.07, 6.45) is 0.483. The van der Waals surface area contributed by atoms with E-state index in [1.165, 1.54) is 5.56 Å². The topological polar surface area (TPSA) is 81.8 Å². The van der Waals surface area contributed by atoms with Crippen molar-refractivity contribution in [2.24, 2.45) is 0 Å². The molecular formula is C20H30N4O3. The van der Waals surface area contributed by atoms with Crippen LogP contribution in [0.5, 0.6) is 0 Å². The molecule has 1 aromatic carbocycles. The number of nitrogens with zero attached hydrogens (tertiary/aromatic N) is 2. The minimum atomic E-state index is -0.474. The van der Waals surface area contributed by atoms with Crippen molar-refractivity contribution in [1.82, 2.24) is 20.4 Å². The van der Waals surface area contributed by atoms with Crippen molar-refractivity contribution in [3.05, 3.63) is 35.9 Å². The van der Waals surface area contributed by atoms with Crippen LogP contribution in [-0.4, -0.2) is 66.4 Å². The molecule has 1 aliphatic heterocycles. The highest BCUT2D eigenvalue weighted by atomic mass is 16.2. The van der Waals surface area contributed by atoms with E-state index in [4.69, 9.17) is 0 Å². The zero-order chi connectivity index (χ0) is 19.8. The molecule has 2 rings (SSSR count). The Balaban J connectivity index is 1.79. The molecule has 7 nitrogen and oxygen atoms in total. The summed E-state index contributed by atoms with van der Waals surface area (Å²) in [7, 11) is 0. The lowest BCUT2D eigenvalue weighted by molar-refractivity contribution is -0.134. The van der Waals surface area contributed by atoms with Gasteiger partial charge in [-0.1, -0.05) is 37.3 Å². The molecule has 2 atom stereocenters. The lowest BCUT2D eigenvalue weighted by atomic mass is 9.97. The third-order valence-electron chi connectivity index (χ3n) is 5.02. The second-order valence-electron chi connectivity index (χ2n) is 6.96. The van der Waals surface area contributed by atoms with Gasteiger partial charge in [-0.3, -0.25) is 19.8 Å². The third kappa shape index (κ3) is 6.06. The fourth-order valence-corrected chi connectivity index (χ4v) is 3.24. The Bertz CT molecular complexity index is 642. The largest absolute Gasteiger partial charge is 0.340 e. The van der Waals surface area contributed by atoms with Gasteiger partial charge >= 0.3 is 6.03 Å². The summed E-state index contributed by atoms with van der Waals surface area (Å²) in [5, 5.41) is 4.89. The number of piperazine rings is 1. The Hall–Kier alpha value is -2.41. The van der Waals surface area contributed by atoms with Crippen LogP contribution in [0.15, 0.2) is 30.3 Å². The van der Waals surface area contributed by atoms with Crippen LogP contribution >= 0.6 is 0 Å². The zero-order valence-corrected chi connectivity index (χ0v) is 16.4. The number of hydrogen-bond acceptors (Lipinski definition) is 4. The summed E-state index contributed by atoms with van der Waals surface area (Å²) >= 11 is 0. The fraction of sp³-hybridized carbons (Fsp3) is 0.550. The Morgan fingerprint density at radius 1 is 1.04 bits per heavy atom. The van der Waals surface area contributed by atoms with Crippen LogP contribution in [0.2, 0.25) is 0 Å². The van der Waals surface area contributed by atoms with Gasteiger partial charge < -0.3 is 10.2 Å². The summed E-state index contributed by atoms with van der Waals surface area (Å²) < 4.78 is 0. The smallest absolute Gasteiger partial charge is 0.321 e. The van der Waals surface area contributed by atoms with Gasteiger partial charge in [0.05, 0.1) is 6.04 Å². The van der Waals surface area contributed by atoms with Gasteiger partial charge in [0.2, 0.25) is 11.8 Å². The predicted octanol–water partition coefficient (Wildman–Crippen LogP) is 1.56. The first-order valence-corrected chi connectivity index (χ1v) is 9.57. The van der Waals surface area contributed by atoms with Crippen LogP contribution < -0.4 is 10.6 Å². The molecule has 0 radical (unpaired) electrons. The number of amides is 4. The molecule has 0 spiro atoms. The Morgan fingerprint density at radius 2 is 1.67 bits per heavy atom. The average Bonchev–Trinajstić information content (AvgIpc) is 2.68. The molecule has 0 aliphatic carbocycles. The van der Waals surface area contributed by atoms with Crippen LogP contribution in [0, 0.1) is 0 Å². The maximum Gasteiger partial charge on any atom is 0.321 e. The molecule has 1 fully saturated rings. The van der Waals surface area contributed by atoms with Gasteiger partial charge in [-0.05, 0) is 25.3 Å². The molecule has 1 aliphatic rings. The molecular weight excluding hydrogens is 344 g/mol. The molecule has 0 bridgehead atoms. The highest BCUT2D eigenvalue weighted by molar-refractivity contribution is 5.96. The highest BCUT2D eigenvalue weighted by Crippen LogP contribution is 2.20. The zero-order valence-electron chi connectivity index (χ0n) is 16.4. The summed E-state index contributed by atoms with van der Waals surface area (Å²) in [5.41, 5.74) is 1.17. The summed E-state index contributed by atoms with van der Waals surface area (Å²) in [5.74, 6) is 0.00219.